The Bertz CT molecular complexity index is 686. The van der Waals surface area contributed by atoms with E-state index in [1.54, 1.807) is 13.2 Å². The number of rotatable bonds is 6. The van der Waals surface area contributed by atoms with Crippen LogP contribution in [0.3, 0.4) is 0 Å². The van der Waals surface area contributed by atoms with Crippen LogP contribution in [0.4, 0.5) is 0 Å². The number of ether oxygens (including phenoxy) is 4. The summed E-state index contributed by atoms with van der Waals surface area (Å²) in [5.74, 6) is 0.0352. The van der Waals surface area contributed by atoms with Crippen LogP contribution < -0.4 is 4.74 Å². The topological polar surface area (TPSA) is 77.4 Å². The first-order valence-corrected chi connectivity index (χ1v) is 10.1. The third kappa shape index (κ3) is 2.99. The van der Waals surface area contributed by atoms with Gasteiger partial charge in [-0.3, -0.25) is 0 Å². The van der Waals surface area contributed by atoms with Gasteiger partial charge in [-0.2, -0.15) is 0 Å². The van der Waals surface area contributed by atoms with E-state index < -0.39 is 23.6 Å². The van der Waals surface area contributed by atoms with Gasteiger partial charge in [-0.25, -0.2) is 0 Å². The number of methoxy groups -OCH3 is 1. The molecule has 0 bridgehead atoms. The number of hydrogen-bond acceptors (Lipinski definition) is 6. The maximum Gasteiger partial charge on any atom is 0.201 e. The summed E-state index contributed by atoms with van der Waals surface area (Å²) in [5.41, 5.74) is -0.553. The third-order valence-electron chi connectivity index (χ3n) is 6.74. The van der Waals surface area contributed by atoms with Gasteiger partial charge in [0.25, 0.3) is 0 Å². The van der Waals surface area contributed by atoms with Gasteiger partial charge in [0.2, 0.25) is 5.79 Å². The van der Waals surface area contributed by atoms with Crippen LogP contribution in [0.1, 0.15) is 19.8 Å². The molecule has 1 heterocycles. The molecule has 1 unspecified atom stereocenters. The largest absolute Gasteiger partial charge is 0.491 e. The first kappa shape index (κ1) is 19.9. The van der Waals surface area contributed by atoms with Crippen LogP contribution in [0.2, 0.25) is 0 Å². The molecule has 1 aromatic carbocycles. The summed E-state index contributed by atoms with van der Waals surface area (Å²) in [7, 11) is 1.70. The molecule has 1 aromatic rings. The van der Waals surface area contributed by atoms with E-state index in [4.69, 9.17) is 18.9 Å². The Kier molecular flexibility index (Phi) is 5.51. The Morgan fingerprint density at radius 1 is 1.25 bits per heavy atom. The summed E-state index contributed by atoms with van der Waals surface area (Å²) in [5, 5.41) is 21.0. The van der Waals surface area contributed by atoms with Gasteiger partial charge in [0.05, 0.1) is 19.3 Å². The predicted molar refractivity (Wildman–Crippen MR) is 103 cm³/mol. The quantitative estimate of drug-likeness (QED) is 0.725. The van der Waals surface area contributed by atoms with Crippen molar-refractivity contribution in [2.45, 2.75) is 43.4 Å². The molecule has 0 radical (unpaired) electrons. The molecule has 0 aromatic heterocycles. The fourth-order valence-electron chi connectivity index (χ4n) is 5.52. The number of aliphatic hydroxyl groups is 2. The van der Waals surface area contributed by atoms with Crippen LogP contribution in [-0.2, 0) is 14.2 Å². The number of benzene rings is 1. The van der Waals surface area contributed by atoms with E-state index in [1.165, 1.54) is 0 Å². The summed E-state index contributed by atoms with van der Waals surface area (Å²) in [6, 6.07) is 9.40. The number of aliphatic hydroxyl groups excluding tert-OH is 2. The van der Waals surface area contributed by atoms with E-state index in [0.29, 0.717) is 26.1 Å². The summed E-state index contributed by atoms with van der Waals surface area (Å²) >= 11 is 0. The Hall–Kier alpha value is -1.44. The fraction of sp³-hybridized carbons (Fsp3) is 0.636. The Labute approximate surface area is 166 Å². The minimum Gasteiger partial charge on any atom is -0.491 e. The van der Waals surface area contributed by atoms with Gasteiger partial charge >= 0.3 is 0 Å². The summed E-state index contributed by atoms with van der Waals surface area (Å²) < 4.78 is 23.7. The molecule has 2 saturated carbocycles. The molecule has 6 nitrogen and oxygen atoms in total. The van der Waals surface area contributed by atoms with Crippen LogP contribution in [0.15, 0.2) is 42.5 Å². The smallest absolute Gasteiger partial charge is 0.201 e. The molecule has 6 heteroatoms. The van der Waals surface area contributed by atoms with Gasteiger partial charge in [0.15, 0.2) is 0 Å². The van der Waals surface area contributed by atoms with E-state index in [1.807, 2.05) is 36.4 Å². The van der Waals surface area contributed by atoms with E-state index in [9.17, 15) is 10.2 Å². The third-order valence-corrected chi connectivity index (χ3v) is 6.74. The summed E-state index contributed by atoms with van der Waals surface area (Å²) in [4.78, 5) is 0. The van der Waals surface area contributed by atoms with Crippen molar-refractivity contribution in [3.63, 3.8) is 0 Å². The van der Waals surface area contributed by atoms with Crippen molar-refractivity contribution in [1.29, 1.82) is 0 Å². The minimum absolute atomic E-state index is 0.0674. The highest BCUT2D eigenvalue weighted by molar-refractivity contribution is 5.24. The van der Waals surface area contributed by atoms with Gasteiger partial charge in [-0.05, 0) is 25.0 Å². The maximum atomic E-state index is 10.7. The maximum absolute atomic E-state index is 10.7. The van der Waals surface area contributed by atoms with Gasteiger partial charge in [0.1, 0.15) is 24.1 Å². The van der Waals surface area contributed by atoms with E-state index in [-0.39, 0.29) is 24.4 Å². The van der Waals surface area contributed by atoms with Crippen molar-refractivity contribution in [3.8, 4) is 5.75 Å². The molecule has 2 N–H and O–H groups in total. The van der Waals surface area contributed by atoms with Gasteiger partial charge < -0.3 is 29.2 Å². The second-order valence-corrected chi connectivity index (χ2v) is 8.03. The molecule has 1 spiro atoms. The number of hydrogen-bond donors (Lipinski definition) is 2. The first-order chi connectivity index (χ1) is 13.5. The molecular weight excluding hydrogens is 360 g/mol. The lowest BCUT2D eigenvalue weighted by Crippen LogP contribution is -2.79. The van der Waals surface area contributed by atoms with Crippen LogP contribution >= 0.6 is 0 Å². The predicted octanol–water partition coefficient (Wildman–Crippen LogP) is 2.15. The second kappa shape index (κ2) is 7.76. The first-order valence-electron chi connectivity index (χ1n) is 10.1. The van der Waals surface area contributed by atoms with Crippen LogP contribution in [0.25, 0.3) is 0 Å². The van der Waals surface area contributed by atoms with Gasteiger partial charge in [0, 0.05) is 24.9 Å². The molecule has 1 aliphatic heterocycles. The van der Waals surface area contributed by atoms with Crippen LogP contribution in [0.5, 0.6) is 5.75 Å². The lowest BCUT2D eigenvalue weighted by atomic mass is 9.47. The highest BCUT2D eigenvalue weighted by atomic mass is 16.8. The van der Waals surface area contributed by atoms with E-state index in [2.05, 4.69) is 6.92 Å². The highest BCUT2D eigenvalue weighted by Gasteiger charge is 2.77. The number of fused-ring (bicyclic) bond motifs is 2. The average Bonchev–Trinajstić information content (AvgIpc) is 3.24. The van der Waals surface area contributed by atoms with E-state index >= 15 is 0 Å². The lowest BCUT2D eigenvalue weighted by Gasteiger charge is -2.68. The second-order valence-electron chi connectivity index (χ2n) is 8.03. The van der Waals surface area contributed by atoms with Crippen LogP contribution in [0, 0.1) is 17.8 Å². The molecule has 28 heavy (non-hydrogen) atoms. The standard InChI is InChI=1S/C22H30O6/c1-15-20-18(9-8-16(23)14-26-17-6-4-3-5-7-17)19(24)10-11-21(20,25-2)22(15)27-12-13-28-22/h3-9,15-16,18-20,23-24H,10-14H2,1-2H3/b9-8+/t15?,16-,18-,19+,20+,21+/m1/s1. The highest BCUT2D eigenvalue weighted by Crippen LogP contribution is 2.65. The van der Waals surface area contributed by atoms with Crippen molar-refractivity contribution in [2.75, 3.05) is 26.9 Å². The van der Waals surface area contributed by atoms with Crippen molar-refractivity contribution < 1.29 is 29.2 Å². The molecule has 6 atom stereocenters. The zero-order valence-corrected chi connectivity index (χ0v) is 16.5. The molecule has 2 aliphatic carbocycles. The van der Waals surface area contributed by atoms with Crippen molar-refractivity contribution >= 4 is 0 Å². The van der Waals surface area contributed by atoms with Gasteiger partial charge in [-0.1, -0.05) is 37.3 Å². The summed E-state index contributed by atoms with van der Waals surface area (Å²) in [6.45, 7) is 3.40. The normalized spacial score (nSPS) is 37.6. The minimum atomic E-state index is -0.755. The molecule has 3 aliphatic rings. The molecule has 3 fully saturated rings. The van der Waals surface area contributed by atoms with Crippen LogP contribution in [-0.4, -0.2) is 60.7 Å². The van der Waals surface area contributed by atoms with Crippen molar-refractivity contribution in [2.24, 2.45) is 17.8 Å². The Balaban J connectivity index is 1.45. The van der Waals surface area contributed by atoms with Crippen molar-refractivity contribution in [1.82, 2.24) is 0 Å². The average molecular weight is 390 g/mol. The summed E-state index contributed by atoms with van der Waals surface area (Å²) in [6.07, 6.45) is 3.71. The Morgan fingerprint density at radius 2 is 1.96 bits per heavy atom. The fourth-order valence-corrected chi connectivity index (χ4v) is 5.52. The molecular formula is C22H30O6. The number of para-hydroxylation sites is 1. The molecule has 0 amide bonds. The van der Waals surface area contributed by atoms with E-state index in [0.717, 1.165) is 5.75 Å². The molecule has 1 saturated heterocycles. The van der Waals surface area contributed by atoms with Crippen molar-refractivity contribution in [3.05, 3.63) is 42.5 Å². The zero-order chi connectivity index (χ0) is 19.8. The molecule has 154 valence electrons. The SMILES string of the molecule is CO[C@@]12CC[C@H](O)[C@@H](/C=C/[C@@H](O)COc3ccccc3)[C@@H]1C(C)C21OCCO1. The molecule has 4 rings (SSSR count). The lowest BCUT2D eigenvalue weighted by molar-refractivity contribution is -0.413. The van der Waals surface area contributed by atoms with Gasteiger partial charge in [-0.15, -0.1) is 0 Å². The Morgan fingerprint density at radius 3 is 2.64 bits per heavy atom. The zero-order valence-electron chi connectivity index (χ0n) is 16.5. The monoisotopic (exact) mass is 390 g/mol.